The third-order valence-electron chi connectivity index (χ3n) is 4.50. The van der Waals surface area contributed by atoms with E-state index in [0.29, 0.717) is 6.04 Å². The van der Waals surface area contributed by atoms with E-state index in [4.69, 9.17) is 10.9 Å². The Kier molecular flexibility index (Phi) is 3.81. The van der Waals surface area contributed by atoms with Gasteiger partial charge in [0, 0.05) is 31.4 Å². The zero-order chi connectivity index (χ0) is 15.0. The molecule has 2 saturated heterocycles. The first-order valence-corrected chi connectivity index (χ1v) is 8.91. The molecule has 1 aromatic rings. The van der Waals surface area contributed by atoms with Crippen molar-refractivity contribution >= 4 is 21.4 Å². The first-order chi connectivity index (χ1) is 9.95. The van der Waals surface area contributed by atoms with E-state index >= 15 is 0 Å². The molecule has 0 aromatic heterocycles. The average Bonchev–Trinajstić information content (AvgIpc) is 2.45. The quantitative estimate of drug-likeness (QED) is 0.780. The zero-order valence-electron chi connectivity index (χ0n) is 12.0. The summed E-state index contributed by atoms with van der Waals surface area (Å²) in [7, 11) is -3.75. The van der Waals surface area contributed by atoms with E-state index in [1.165, 1.54) is 31.9 Å². The first kappa shape index (κ1) is 14.6. The molecule has 2 fully saturated rings. The fourth-order valence-corrected chi connectivity index (χ4v) is 4.03. The van der Waals surface area contributed by atoms with Gasteiger partial charge in [0.15, 0.2) is 0 Å². The van der Waals surface area contributed by atoms with Gasteiger partial charge in [0.05, 0.1) is 5.69 Å². The largest absolute Gasteiger partial charge is 0.398 e. The van der Waals surface area contributed by atoms with E-state index in [-0.39, 0.29) is 10.6 Å². The van der Waals surface area contributed by atoms with Crippen LogP contribution in [-0.2, 0) is 10.0 Å². The topological polar surface area (TPSA) is 92.7 Å². The third kappa shape index (κ3) is 3.00. The number of hydrogen-bond acceptors (Lipinski definition) is 5. The molecule has 0 bridgehead atoms. The lowest BCUT2D eigenvalue weighted by molar-refractivity contribution is 0.133. The van der Waals surface area contributed by atoms with Gasteiger partial charge in [-0.15, -0.1) is 0 Å². The lowest BCUT2D eigenvalue weighted by Crippen LogP contribution is -2.54. The SMILES string of the molecule is Nc1cc(N2CCN3CCCCC3C2)ccc1S(N)(=O)=O. The molecular weight excluding hydrogens is 288 g/mol. The Hall–Kier alpha value is -1.31. The van der Waals surface area contributed by atoms with E-state index in [1.54, 1.807) is 12.1 Å². The van der Waals surface area contributed by atoms with Crippen LogP contribution in [0.5, 0.6) is 0 Å². The number of piperazine rings is 1. The molecule has 1 unspecified atom stereocenters. The standard InChI is InChI=1S/C14H22N4O2S/c15-13-9-11(4-5-14(13)21(16,19)20)18-8-7-17-6-2-1-3-12(17)10-18/h4-5,9,12H,1-3,6-8,10,15H2,(H2,16,19,20). The molecule has 3 rings (SSSR count). The lowest BCUT2D eigenvalue weighted by atomic mass is 9.99. The summed E-state index contributed by atoms with van der Waals surface area (Å²) in [5.41, 5.74) is 7.05. The van der Waals surface area contributed by atoms with Crippen LogP contribution in [0.25, 0.3) is 0 Å². The molecule has 7 heteroatoms. The van der Waals surface area contributed by atoms with Gasteiger partial charge in [-0.25, -0.2) is 13.6 Å². The molecule has 0 aliphatic carbocycles. The smallest absolute Gasteiger partial charge is 0.240 e. The van der Waals surface area contributed by atoms with E-state index in [9.17, 15) is 8.42 Å². The zero-order valence-corrected chi connectivity index (χ0v) is 12.8. The Morgan fingerprint density at radius 2 is 1.95 bits per heavy atom. The molecule has 0 saturated carbocycles. The minimum absolute atomic E-state index is 0.00236. The summed E-state index contributed by atoms with van der Waals surface area (Å²) in [6.45, 7) is 4.19. The van der Waals surface area contributed by atoms with Crippen LogP contribution in [0.3, 0.4) is 0 Å². The maximum absolute atomic E-state index is 11.4. The van der Waals surface area contributed by atoms with Crippen molar-refractivity contribution in [3.63, 3.8) is 0 Å². The van der Waals surface area contributed by atoms with Crippen LogP contribution in [-0.4, -0.2) is 45.5 Å². The average molecular weight is 310 g/mol. The van der Waals surface area contributed by atoms with Crippen molar-refractivity contribution in [1.29, 1.82) is 0 Å². The molecular formula is C14H22N4O2S. The monoisotopic (exact) mass is 310 g/mol. The second-order valence-corrected chi connectivity index (χ2v) is 7.43. The molecule has 1 aromatic carbocycles. The Labute approximate surface area is 125 Å². The van der Waals surface area contributed by atoms with Crippen LogP contribution in [0.1, 0.15) is 19.3 Å². The van der Waals surface area contributed by atoms with Gasteiger partial charge in [-0.3, -0.25) is 4.90 Å². The van der Waals surface area contributed by atoms with E-state index in [1.807, 2.05) is 0 Å². The van der Waals surface area contributed by atoms with Gasteiger partial charge >= 0.3 is 0 Å². The predicted molar refractivity (Wildman–Crippen MR) is 83.7 cm³/mol. The summed E-state index contributed by atoms with van der Waals surface area (Å²) >= 11 is 0. The molecule has 0 spiro atoms. The fourth-order valence-electron chi connectivity index (χ4n) is 3.38. The Bertz CT molecular complexity index is 632. The van der Waals surface area contributed by atoms with Crippen molar-refractivity contribution < 1.29 is 8.42 Å². The number of primary sulfonamides is 1. The fraction of sp³-hybridized carbons (Fsp3) is 0.571. The van der Waals surface area contributed by atoms with Gasteiger partial charge in [0.2, 0.25) is 10.0 Å². The van der Waals surface area contributed by atoms with Gasteiger partial charge in [-0.1, -0.05) is 6.42 Å². The predicted octanol–water partition coefficient (Wildman–Crippen LogP) is 0.591. The number of nitrogens with zero attached hydrogens (tertiary/aromatic N) is 2. The van der Waals surface area contributed by atoms with Crippen molar-refractivity contribution in [2.75, 3.05) is 36.8 Å². The summed E-state index contributed by atoms with van der Waals surface area (Å²) in [6, 6.07) is 5.63. The normalized spacial score (nSPS) is 23.9. The molecule has 21 heavy (non-hydrogen) atoms. The highest BCUT2D eigenvalue weighted by molar-refractivity contribution is 7.89. The molecule has 2 aliphatic heterocycles. The highest BCUT2D eigenvalue weighted by Crippen LogP contribution is 2.28. The van der Waals surface area contributed by atoms with Crippen molar-refractivity contribution in [2.24, 2.45) is 5.14 Å². The van der Waals surface area contributed by atoms with Gasteiger partial charge in [0.25, 0.3) is 0 Å². The Morgan fingerprint density at radius 3 is 2.67 bits per heavy atom. The number of nitrogens with two attached hydrogens (primary N) is 2. The first-order valence-electron chi connectivity index (χ1n) is 7.36. The van der Waals surface area contributed by atoms with Crippen LogP contribution >= 0.6 is 0 Å². The summed E-state index contributed by atoms with van der Waals surface area (Å²) < 4.78 is 22.8. The van der Waals surface area contributed by atoms with Crippen molar-refractivity contribution in [3.8, 4) is 0 Å². The number of rotatable bonds is 2. The molecule has 1 atom stereocenters. The molecule has 6 nitrogen and oxygen atoms in total. The number of fused-ring (bicyclic) bond motifs is 1. The van der Waals surface area contributed by atoms with Crippen LogP contribution < -0.4 is 15.8 Å². The van der Waals surface area contributed by atoms with Crippen molar-refractivity contribution in [1.82, 2.24) is 4.90 Å². The molecule has 2 heterocycles. The van der Waals surface area contributed by atoms with Crippen molar-refractivity contribution in [3.05, 3.63) is 18.2 Å². The minimum atomic E-state index is -3.75. The maximum atomic E-state index is 11.4. The van der Waals surface area contributed by atoms with Gasteiger partial charge in [0.1, 0.15) is 4.90 Å². The number of sulfonamides is 1. The highest BCUT2D eigenvalue weighted by atomic mass is 32.2. The van der Waals surface area contributed by atoms with Crippen molar-refractivity contribution in [2.45, 2.75) is 30.2 Å². The highest BCUT2D eigenvalue weighted by Gasteiger charge is 2.29. The number of benzene rings is 1. The molecule has 0 amide bonds. The summed E-state index contributed by atoms with van der Waals surface area (Å²) in [5, 5.41) is 5.15. The lowest BCUT2D eigenvalue weighted by Gasteiger charge is -2.45. The summed E-state index contributed by atoms with van der Waals surface area (Å²) in [4.78, 5) is 4.85. The molecule has 4 N–H and O–H groups in total. The number of anilines is 2. The molecule has 2 aliphatic rings. The van der Waals surface area contributed by atoms with Crippen LogP contribution in [0.15, 0.2) is 23.1 Å². The van der Waals surface area contributed by atoms with E-state index < -0.39 is 10.0 Å². The summed E-state index contributed by atoms with van der Waals surface area (Å²) in [5.74, 6) is 0. The Morgan fingerprint density at radius 1 is 1.14 bits per heavy atom. The van der Waals surface area contributed by atoms with Gasteiger partial charge in [-0.2, -0.15) is 0 Å². The Balaban J connectivity index is 1.80. The second-order valence-electron chi connectivity index (χ2n) is 5.90. The molecule has 116 valence electrons. The number of nitrogen functional groups attached to an aromatic ring is 1. The number of piperidine rings is 1. The second kappa shape index (κ2) is 5.47. The van der Waals surface area contributed by atoms with E-state index in [2.05, 4.69) is 9.80 Å². The van der Waals surface area contributed by atoms with Crippen LogP contribution in [0.4, 0.5) is 11.4 Å². The molecule has 0 radical (unpaired) electrons. The maximum Gasteiger partial charge on any atom is 0.240 e. The van der Waals surface area contributed by atoms with Gasteiger partial charge < -0.3 is 10.6 Å². The van der Waals surface area contributed by atoms with E-state index in [0.717, 1.165) is 25.3 Å². The van der Waals surface area contributed by atoms with Crippen LogP contribution in [0, 0.1) is 0 Å². The number of hydrogen-bond donors (Lipinski definition) is 2. The third-order valence-corrected chi connectivity index (χ3v) is 5.49. The minimum Gasteiger partial charge on any atom is -0.398 e. The van der Waals surface area contributed by atoms with Gasteiger partial charge in [-0.05, 0) is 37.6 Å². The summed E-state index contributed by atoms with van der Waals surface area (Å²) in [6.07, 6.45) is 3.83. The van der Waals surface area contributed by atoms with Crippen LogP contribution in [0.2, 0.25) is 0 Å².